The number of aromatic nitrogens is 4. The summed E-state index contributed by atoms with van der Waals surface area (Å²) in [5, 5.41) is 27.0. The first-order chi connectivity index (χ1) is 16.5. The van der Waals surface area contributed by atoms with Gasteiger partial charge in [-0.05, 0) is 36.4 Å². The molecule has 5 rings (SSSR count). The number of nitrogens with one attached hydrogen (secondary N) is 2. The van der Waals surface area contributed by atoms with E-state index in [1.165, 1.54) is 12.1 Å². The number of fused-ring (bicyclic) bond motifs is 1. The van der Waals surface area contributed by atoms with E-state index >= 15 is 0 Å². The van der Waals surface area contributed by atoms with Crippen molar-refractivity contribution < 1.29 is 19.3 Å². The van der Waals surface area contributed by atoms with Gasteiger partial charge >= 0.3 is 6.03 Å². The molecule has 1 atom stereocenters. The SMILES string of the molecule is COc1ccc(NC(=O)N2Cc3[nH]cnc3CC2c2nc(-c3cccc(N([O-])O)c3)no2)cc1. The summed E-state index contributed by atoms with van der Waals surface area (Å²) in [5.74, 6) is 1.13. The first-order valence-electron chi connectivity index (χ1n) is 10.3. The average Bonchev–Trinajstić information content (AvgIpc) is 3.53. The molecule has 12 nitrogen and oxygen atoms in total. The van der Waals surface area contributed by atoms with E-state index in [1.807, 2.05) is 0 Å². The monoisotopic (exact) mass is 462 g/mol. The Morgan fingerprint density at radius 1 is 1.32 bits per heavy atom. The van der Waals surface area contributed by atoms with Crippen LogP contribution in [0.1, 0.15) is 23.3 Å². The first-order valence-corrected chi connectivity index (χ1v) is 10.3. The maximum Gasteiger partial charge on any atom is 0.322 e. The maximum absolute atomic E-state index is 13.2. The Morgan fingerprint density at radius 2 is 2.15 bits per heavy atom. The number of methoxy groups -OCH3 is 1. The Bertz CT molecular complexity index is 1300. The van der Waals surface area contributed by atoms with E-state index in [4.69, 9.17) is 14.5 Å². The van der Waals surface area contributed by atoms with Gasteiger partial charge in [0.05, 0.1) is 37.1 Å². The number of H-pyrrole nitrogens is 1. The molecule has 0 bridgehead atoms. The predicted molar refractivity (Wildman–Crippen MR) is 120 cm³/mol. The van der Waals surface area contributed by atoms with Gasteiger partial charge in [-0.15, -0.1) is 0 Å². The van der Waals surface area contributed by atoms with Gasteiger partial charge in [0.1, 0.15) is 11.8 Å². The van der Waals surface area contributed by atoms with Crippen LogP contribution in [-0.2, 0) is 13.0 Å². The number of amides is 2. The zero-order chi connectivity index (χ0) is 23.7. The first kappa shape index (κ1) is 21.4. The Labute approximate surface area is 193 Å². The normalized spacial score (nSPS) is 15.0. The van der Waals surface area contributed by atoms with E-state index in [0.717, 1.165) is 11.4 Å². The molecular formula is C22H20N7O5-. The lowest BCUT2D eigenvalue weighted by molar-refractivity contribution is 0.155. The number of benzene rings is 2. The fourth-order valence-corrected chi connectivity index (χ4v) is 3.79. The van der Waals surface area contributed by atoms with Crippen LogP contribution < -0.4 is 15.3 Å². The van der Waals surface area contributed by atoms with Gasteiger partial charge in [0.15, 0.2) is 0 Å². The molecule has 0 radical (unpaired) electrons. The maximum atomic E-state index is 13.2. The number of hydrogen-bond acceptors (Lipinski definition) is 9. The Morgan fingerprint density at radius 3 is 2.91 bits per heavy atom. The molecule has 0 saturated carbocycles. The number of ether oxygens (including phenoxy) is 1. The average molecular weight is 462 g/mol. The number of aromatic amines is 1. The number of carbonyl (C=O) groups is 1. The molecule has 0 spiro atoms. The topological polar surface area (TPSA) is 156 Å². The molecule has 2 aromatic heterocycles. The number of hydrogen-bond donors (Lipinski definition) is 3. The van der Waals surface area contributed by atoms with E-state index in [2.05, 4.69) is 25.4 Å². The van der Waals surface area contributed by atoms with Crippen molar-refractivity contribution >= 4 is 17.4 Å². The molecule has 3 N–H and O–H groups in total. The second kappa shape index (κ2) is 8.84. The predicted octanol–water partition coefficient (Wildman–Crippen LogP) is 3.49. The summed E-state index contributed by atoms with van der Waals surface area (Å²) >= 11 is 0. The minimum atomic E-state index is -0.563. The Balaban J connectivity index is 1.42. The number of rotatable bonds is 5. The van der Waals surface area contributed by atoms with Gasteiger partial charge in [-0.25, -0.2) is 9.78 Å². The van der Waals surface area contributed by atoms with Crippen molar-refractivity contribution in [3.05, 3.63) is 77.3 Å². The molecule has 1 unspecified atom stereocenters. The van der Waals surface area contributed by atoms with Crippen LogP contribution in [0.5, 0.6) is 5.75 Å². The van der Waals surface area contributed by atoms with Crippen molar-refractivity contribution in [3.63, 3.8) is 0 Å². The molecule has 0 aliphatic carbocycles. The van der Waals surface area contributed by atoms with Crippen LogP contribution in [-0.4, -0.2) is 43.4 Å². The van der Waals surface area contributed by atoms with Crippen molar-refractivity contribution in [2.75, 3.05) is 17.7 Å². The summed E-state index contributed by atoms with van der Waals surface area (Å²) in [6, 6.07) is 12.2. The third-order valence-corrected chi connectivity index (χ3v) is 5.55. The minimum absolute atomic E-state index is 0.0307. The third-order valence-electron chi connectivity index (χ3n) is 5.55. The molecule has 34 heavy (non-hydrogen) atoms. The quantitative estimate of drug-likeness (QED) is 0.378. The van der Waals surface area contributed by atoms with Gasteiger partial charge in [-0.3, -0.25) is 5.21 Å². The van der Waals surface area contributed by atoms with E-state index in [0.29, 0.717) is 23.4 Å². The van der Waals surface area contributed by atoms with Gasteiger partial charge in [0.25, 0.3) is 0 Å². The third kappa shape index (κ3) is 4.14. The highest BCUT2D eigenvalue weighted by Crippen LogP contribution is 2.33. The molecule has 4 aromatic rings. The zero-order valence-corrected chi connectivity index (χ0v) is 18.0. The molecule has 12 heteroatoms. The molecule has 0 saturated heterocycles. The molecule has 1 aliphatic rings. The molecule has 2 amide bonds. The molecule has 0 fully saturated rings. The van der Waals surface area contributed by atoms with Crippen molar-refractivity contribution in [2.45, 2.75) is 19.0 Å². The number of carbonyl (C=O) groups excluding carboxylic acids is 1. The molecule has 3 heterocycles. The number of imidazole rings is 1. The summed E-state index contributed by atoms with van der Waals surface area (Å²) in [6.07, 6.45) is 1.96. The van der Waals surface area contributed by atoms with Gasteiger partial charge in [0, 0.05) is 17.7 Å². The van der Waals surface area contributed by atoms with Crippen LogP contribution >= 0.6 is 0 Å². The molecule has 174 valence electrons. The smallest absolute Gasteiger partial charge is 0.322 e. The van der Waals surface area contributed by atoms with Gasteiger partial charge < -0.3 is 34.9 Å². The number of urea groups is 1. The van der Waals surface area contributed by atoms with Crippen LogP contribution in [0, 0.1) is 5.21 Å². The molecule has 1 aliphatic heterocycles. The number of anilines is 2. The second-order valence-electron chi connectivity index (χ2n) is 7.61. The van der Waals surface area contributed by atoms with Crippen LogP contribution in [0.3, 0.4) is 0 Å². The lowest BCUT2D eigenvalue weighted by Crippen LogP contribution is -2.41. The highest BCUT2D eigenvalue weighted by Gasteiger charge is 2.36. The summed E-state index contributed by atoms with van der Waals surface area (Å²) in [5.41, 5.74) is 2.75. The number of nitrogens with zero attached hydrogens (tertiary/aromatic N) is 5. The van der Waals surface area contributed by atoms with E-state index in [9.17, 15) is 10.0 Å². The molecular weight excluding hydrogens is 442 g/mol. The highest BCUT2D eigenvalue weighted by atomic mass is 16.8. The zero-order valence-electron chi connectivity index (χ0n) is 18.0. The van der Waals surface area contributed by atoms with Crippen molar-refractivity contribution in [2.24, 2.45) is 0 Å². The van der Waals surface area contributed by atoms with Gasteiger partial charge in [0.2, 0.25) is 11.7 Å². The highest BCUT2D eigenvalue weighted by molar-refractivity contribution is 5.89. The van der Waals surface area contributed by atoms with Crippen LogP contribution in [0.4, 0.5) is 16.2 Å². The minimum Gasteiger partial charge on any atom is -0.733 e. The van der Waals surface area contributed by atoms with Crippen molar-refractivity contribution in [3.8, 4) is 17.1 Å². The van der Waals surface area contributed by atoms with E-state index in [1.54, 1.807) is 54.7 Å². The fourth-order valence-electron chi connectivity index (χ4n) is 3.79. The van der Waals surface area contributed by atoms with Gasteiger partial charge in [-0.1, -0.05) is 17.3 Å². The van der Waals surface area contributed by atoms with Crippen LogP contribution in [0.15, 0.2) is 59.4 Å². The van der Waals surface area contributed by atoms with E-state index < -0.39 is 6.04 Å². The molecule has 2 aromatic carbocycles. The summed E-state index contributed by atoms with van der Waals surface area (Å²) in [7, 11) is 1.57. The van der Waals surface area contributed by atoms with Crippen LogP contribution in [0.25, 0.3) is 11.4 Å². The summed E-state index contributed by atoms with van der Waals surface area (Å²) in [6.45, 7) is 0.269. The second-order valence-corrected chi connectivity index (χ2v) is 7.61. The van der Waals surface area contributed by atoms with E-state index in [-0.39, 0.29) is 35.2 Å². The Hall–Kier alpha value is -4.42. The van der Waals surface area contributed by atoms with Crippen LogP contribution in [0.2, 0.25) is 0 Å². The van der Waals surface area contributed by atoms with Crippen molar-refractivity contribution in [1.82, 2.24) is 25.0 Å². The largest absolute Gasteiger partial charge is 0.733 e. The summed E-state index contributed by atoms with van der Waals surface area (Å²) in [4.78, 5) is 26.7. The Kier molecular flexibility index (Phi) is 5.57. The lowest BCUT2D eigenvalue weighted by atomic mass is 10.0. The lowest BCUT2D eigenvalue weighted by Gasteiger charge is -2.32. The van der Waals surface area contributed by atoms with Gasteiger partial charge in [-0.2, -0.15) is 4.98 Å². The fraction of sp³-hybridized carbons (Fsp3) is 0.182. The summed E-state index contributed by atoms with van der Waals surface area (Å²) < 4.78 is 10.7. The van der Waals surface area contributed by atoms with Crippen molar-refractivity contribution in [1.29, 1.82) is 0 Å². The standard InChI is InChI=1S/C22H20N7O5/c1-33-16-7-5-14(6-8-16)25-22(30)28-11-18-17(23-12-24-18)10-19(28)21-26-20(27-34-21)13-3-2-4-15(9-13)29(31)32/h2-9,12,19,31H,10-11H2,1H3,(H,23,24)(H,25,30)/q-1.